The van der Waals surface area contributed by atoms with E-state index in [1.54, 1.807) is 6.08 Å². The fourth-order valence-corrected chi connectivity index (χ4v) is 5.87. The second kappa shape index (κ2) is 9.64. The van der Waals surface area contributed by atoms with Crippen molar-refractivity contribution in [3.05, 3.63) is 76.5 Å². The van der Waals surface area contributed by atoms with Gasteiger partial charge in [-0.3, -0.25) is 15.0 Å². The molecule has 0 radical (unpaired) electrons. The van der Waals surface area contributed by atoms with Crippen LogP contribution in [-0.4, -0.2) is 55.4 Å². The smallest absolute Gasteiger partial charge is 0.283 e. The lowest BCUT2D eigenvalue weighted by Gasteiger charge is -2.20. The average molecular weight is 531 g/mol. The Bertz CT molecular complexity index is 1550. The second-order valence-corrected chi connectivity index (χ2v) is 10.5. The highest BCUT2D eigenvalue weighted by atomic mass is 35.5. The van der Waals surface area contributed by atoms with Gasteiger partial charge in [-0.05, 0) is 48.4 Å². The molecular weight excluding hydrogens is 508 g/mol. The zero-order valence-electron chi connectivity index (χ0n) is 19.9. The molecule has 1 aromatic heterocycles. The summed E-state index contributed by atoms with van der Waals surface area (Å²) in [6.07, 6.45) is 5.85. The highest BCUT2D eigenvalue weighted by Gasteiger charge is 2.36. The number of hydrazone groups is 1. The van der Waals surface area contributed by atoms with Crippen molar-refractivity contribution in [3.8, 4) is 0 Å². The molecule has 0 saturated carbocycles. The number of aliphatic imine (C=N–C) groups is 1. The summed E-state index contributed by atoms with van der Waals surface area (Å²) in [5, 5.41) is 17.1. The van der Waals surface area contributed by atoms with E-state index in [-0.39, 0.29) is 23.7 Å². The lowest BCUT2D eigenvalue weighted by atomic mass is 10.1. The van der Waals surface area contributed by atoms with Crippen molar-refractivity contribution in [2.75, 3.05) is 13.1 Å². The molecule has 0 bridgehead atoms. The standard InChI is InChI=1S/C27H23ClN6O2S/c28-21-9-3-1-7-17(21)15-33-16-18(19-8-2-4-10-22(19)33)13-20-25(29)34-27(30-26(20)36)37-23(31-34)14-24(35)32-11-5-6-12-32/h1-4,7-10,13,16,29H,5-6,11-12,14-15H2. The van der Waals surface area contributed by atoms with Crippen molar-refractivity contribution >= 4 is 68.2 Å². The van der Waals surface area contributed by atoms with Gasteiger partial charge in [-0.15, -0.1) is 0 Å². The van der Waals surface area contributed by atoms with Crippen molar-refractivity contribution in [2.45, 2.75) is 25.8 Å². The normalized spacial score (nSPS) is 18.6. The maximum Gasteiger partial charge on any atom is 0.283 e. The predicted molar refractivity (Wildman–Crippen MR) is 148 cm³/mol. The molecule has 0 spiro atoms. The minimum atomic E-state index is -0.492. The molecule has 3 aliphatic heterocycles. The number of halogens is 1. The van der Waals surface area contributed by atoms with Crippen LogP contribution in [0.4, 0.5) is 0 Å². The van der Waals surface area contributed by atoms with Gasteiger partial charge in [0.2, 0.25) is 11.1 Å². The van der Waals surface area contributed by atoms with E-state index in [1.807, 2.05) is 59.6 Å². The highest BCUT2D eigenvalue weighted by molar-refractivity contribution is 8.27. The van der Waals surface area contributed by atoms with Gasteiger partial charge in [-0.1, -0.05) is 48.0 Å². The molecule has 8 nitrogen and oxygen atoms in total. The number of hydrogen-bond donors (Lipinski definition) is 1. The third kappa shape index (κ3) is 4.49. The minimum Gasteiger partial charge on any atom is -0.342 e. The fourth-order valence-electron chi connectivity index (χ4n) is 4.80. The molecule has 3 aromatic rings. The van der Waals surface area contributed by atoms with Crippen LogP contribution in [0.15, 0.2) is 70.4 Å². The summed E-state index contributed by atoms with van der Waals surface area (Å²) in [7, 11) is 0. The summed E-state index contributed by atoms with van der Waals surface area (Å²) < 4.78 is 2.08. The number of nitrogens with one attached hydrogen (secondary N) is 1. The molecule has 186 valence electrons. The SMILES string of the molecule is N=C1C(=Cc2cn(Cc3ccccc3Cl)c3ccccc23)C(=O)N=C2SC(CC(=O)N3CCCC3)=NN12. The zero-order valence-corrected chi connectivity index (χ0v) is 21.4. The number of rotatable bonds is 5. The Labute approximate surface area is 222 Å². The minimum absolute atomic E-state index is 0.0177. The summed E-state index contributed by atoms with van der Waals surface area (Å²) in [6, 6.07) is 15.6. The van der Waals surface area contributed by atoms with Crippen molar-refractivity contribution in [3.63, 3.8) is 0 Å². The molecule has 1 N–H and O–H groups in total. The molecule has 0 aliphatic carbocycles. The Balaban J connectivity index is 1.30. The molecular formula is C27H23ClN6O2S. The van der Waals surface area contributed by atoms with Crippen LogP contribution in [0.25, 0.3) is 17.0 Å². The van der Waals surface area contributed by atoms with Crippen LogP contribution >= 0.6 is 23.4 Å². The number of thioether (sulfide) groups is 1. The zero-order chi connectivity index (χ0) is 25.5. The van der Waals surface area contributed by atoms with Crippen LogP contribution in [0.3, 0.4) is 0 Å². The third-order valence-electron chi connectivity index (χ3n) is 6.68. The Hall–Kier alpha value is -3.69. The van der Waals surface area contributed by atoms with E-state index in [0.29, 0.717) is 21.8 Å². The van der Waals surface area contributed by atoms with Gasteiger partial charge in [0.1, 0.15) is 5.04 Å². The van der Waals surface area contributed by atoms with E-state index < -0.39 is 5.91 Å². The number of fused-ring (bicyclic) bond motifs is 2. The van der Waals surface area contributed by atoms with Gasteiger partial charge in [0, 0.05) is 47.3 Å². The van der Waals surface area contributed by atoms with Crippen LogP contribution in [-0.2, 0) is 16.1 Å². The third-order valence-corrected chi connectivity index (χ3v) is 7.95. The molecule has 4 heterocycles. The predicted octanol–water partition coefficient (Wildman–Crippen LogP) is 4.97. The number of benzene rings is 2. The molecule has 3 aliphatic rings. The van der Waals surface area contributed by atoms with Gasteiger partial charge in [-0.2, -0.15) is 15.1 Å². The summed E-state index contributed by atoms with van der Waals surface area (Å²) in [6.45, 7) is 2.11. The lowest BCUT2D eigenvalue weighted by Crippen LogP contribution is -2.35. The van der Waals surface area contributed by atoms with Gasteiger partial charge in [0.05, 0.1) is 12.0 Å². The number of amidine groups is 2. The number of carbonyl (C=O) groups is 2. The average Bonchev–Trinajstić information content (AvgIpc) is 3.63. The maximum atomic E-state index is 13.0. The number of amides is 2. The van der Waals surface area contributed by atoms with Crippen LogP contribution in [0, 0.1) is 5.41 Å². The van der Waals surface area contributed by atoms with Gasteiger partial charge < -0.3 is 9.47 Å². The maximum absolute atomic E-state index is 13.0. The van der Waals surface area contributed by atoms with E-state index in [9.17, 15) is 9.59 Å². The van der Waals surface area contributed by atoms with Crippen LogP contribution < -0.4 is 0 Å². The summed E-state index contributed by atoms with van der Waals surface area (Å²) in [5.74, 6) is -0.521. The second-order valence-electron chi connectivity index (χ2n) is 9.10. The summed E-state index contributed by atoms with van der Waals surface area (Å²) in [5.41, 5.74) is 2.93. The molecule has 37 heavy (non-hydrogen) atoms. The monoisotopic (exact) mass is 530 g/mol. The first-order valence-electron chi connectivity index (χ1n) is 12.1. The van der Waals surface area contributed by atoms with Crippen LogP contribution in [0.1, 0.15) is 30.4 Å². The Morgan fingerprint density at radius 1 is 1.11 bits per heavy atom. The number of carbonyl (C=O) groups excluding carboxylic acids is 2. The lowest BCUT2D eigenvalue weighted by molar-refractivity contribution is -0.128. The van der Waals surface area contributed by atoms with E-state index in [0.717, 1.165) is 48.0 Å². The Kier molecular flexibility index (Phi) is 6.18. The summed E-state index contributed by atoms with van der Waals surface area (Å²) in [4.78, 5) is 31.6. The molecule has 0 unspecified atom stereocenters. The first-order chi connectivity index (χ1) is 18.0. The van der Waals surface area contributed by atoms with E-state index in [1.165, 1.54) is 16.8 Å². The van der Waals surface area contributed by atoms with Crippen molar-refractivity contribution in [1.82, 2.24) is 14.5 Å². The van der Waals surface area contributed by atoms with Gasteiger partial charge in [0.25, 0.3) is 5.91 Å². The summed E-state index contributed by atoms with van der Waals surface area (Å²) >= 11 is 7.58. The molecule has 2 aromatic carbocycles. The largest absolute Gasteiger partial charge is 0.342 e. The number of nitrogens with zero attached hydrogens (tertiary/aromatic N) is 5. The first kappa shape index (κ1) is 23.7. The number of aromatic nitrogens is 1. The van der Waals surface area contributed by atoms with Crippen molar-refractivity contribution in [1.29, 1.82) is 5.41 Å². The van der Waals surface area contributed by atoms with Crippen molar-refractivity contribution in [2.24, 2.45) is 10.1 Å². The van der Waals surface area contributed by atoms with Crippen LogP contribution in [0.5, 0.6) is 0 Å². The number of para-hydroxylation sites is 1. The molecule has 1 fully saturated rings. The van der Waals surface area contributed by atoms with Gasteiger partial charge >= 0.3 is 0 Å². The fraction of sp³-hybridized carbons (Fsp3) is 0.222. The first-order valence-corrected chi connectivity index (χ1v) is 13.3. The Morgan fingerprint density at radius 3 is 2.68 bits per heavy atom. The van der Waals surface area contributed by atoms with Crippen molar-refractivity contribution < 1.29 is 9.59 Å². The van der Waals surface area contributed by atoms with Crippen LogP contribution in [0.2, 0.25) is 5.02 Å². The van der Waals surface area contributed by atoms with Gasteiger partial charge in [0.15, 0.2) is 5.84 Å². The van der Waals surface area contributed by atoms with E-state index >= 15 is 0 Å². The molecule has 0 atom stereocenters. The quantitative estimate of drug-likeness (QED) is 0.471. The molecule has 10 heteroatoms. The highest BCUT2D eigenvalue weighted by Crippen LogP contribution is 2.32. The van der Waals surface area contributed by atoms with E-state index in [2.05, 4.69) is 14.7 Å². The topological polar surface area (TPSA) is 94.1 Å². The Morgan fingerprint density at radius 2 is 1.86 bits per heavy atom. The van der Waals surface area contributed by atoms with E-state index in [4.69, 9.17) is 17.0 Å². The molecule has 1 saturated heterocycles. The molecule has 2 amide bonds. The number of hydrogen-bond acceptors (Lipinski definition) is 5. The number of likely N-dealkylation sites (tertiary alicyclic amines) is 1. The molecule has 6 rings (SSSR count). The van der Waals surface area contributed by atoms with Gasteiger partial charge in [-0.25, -0.2) is 0 Å².